The number of benzene rings is 1. The Kier molecular flexibility index (Phi) is 4.15. The molecule has 0 spiro atoms. The zero-order valence-corrected chi connectivity index (χ0v) is 14.7. The fourth-order valence-electron chi connectivity index (χ4n) is 2.35. The highest BCUT2D eigenvalue weighted by Crippen LogP contribution is 2.29. The fourth-order valence-corrected chi connectivity index (χ4v) is 3.68. The molecule has 2 aromatic heterocycles. The number of rotatable bonds is 2. The first-order chi connectivity index (χ1) is 11.3. The number of nitrogens with one attached hydrogen (secondary N) is 1. The molecule has 3 rings (SSSR count). The largest absolute Gasteiger partial charge is 0.320 e. The quantitative estimate of drug-likeness (QED) is 0.753. The number of carbonyl (C=O) groups excluding carboxylic acids is 1. The molecule has 1 aromatic carbocycles. The van der Waals surface area contributed by atoms with Crippen LogP contribution in [0.5, 0.6) is 0 Å². The van der Waals surface area contributed by atoms with Crippen LogP contribution in [0, 0.1) is 19.7 Å². The highest BCUT2D eigenvalue weighted by molar-refractivity contribution is 7.20. The second-order valence-corrected chi connectivity index (χ2v) is 6.74. The number of aromatic nitrogens is 2. The molecule has 0 radical (unpaired) electrons. The topological polar surface area (TPSA) is 64.0 Å². The van der Waals surface area contributed by atoms with Gasteiger partial charge < -0.3 is 5.32 Å². The van der Waals surface area contributed by atoms with Crippen molar-refractivity contribution in [1.82, 2.24) is 9.55 Å². The van der Waals surface area contributed by atoms with Crippen LogP contribution in [0.2, 0.25) is 5.02 Å². The fraction of sp³-hybridized carbons (Fsp3) is 0.188. The second kappa shape index (κ2) is 5.99. The molecule has 0 unspecified atom stereocenters. The number of anilines is 1. The number of amides is 1. The van der Waals surface area contributed by atoms with Crippen LogP contribution in [0.4, 0.5) is 10.1 Å². The number of fused-ring (bicyclic) bond motifs is 1. The van der Waals surface area contributed by atoms with Gasteiger partial charge in [-0.1, -0.05) is 11.6 Å². The number of aryl methyl sites for hydroxylation is 2. The summed E-state index contributed by atoms with van der Waals surface area (Å²) in [5, 5.41) is 3.18. The number of thiophene rings is 1. The van der Waals surface area contributed by atoms with Crippen molar-refractivity contribution < 1.29 is 9.18 Å². The van der Waals surface area contributed by atoms with E-state index >= 15 is 0 Å². The molecule has 0 saturated carbocycles. The van der Waals surface area contributed by atoms with E-state index in [1.54, 1.807) is 20.9 Å². The molecule has 0 bridgehead atoms. The van der Waals surface area contributed by atoms with Gasteiger partial charge in [0.05, 0.1) is 21.0 Å². The van der Waals surface area contributed by atoms with E-state index in [1.165, 1.54) is 16.7 Å². The zero-order valence-electron chi connectivity index (χ0n) is 13.1. The van der Waals surface area contributed by atoms with Crippen molar-refractivity contribution in [2.24, 2.45) is 7.05 Å². The summed E-state index contributed by atoms with van der Waals surface area (Å²) < 4.78 is 14.5. The number of hydrogen-bond donors (Lipinski definition) is 1. The molecule has 0 atom stereocenters. The zero-order chi connectivity index (χ0) is 17.6. The van der Waals surface area contributed by atoms with Crippen LogP contribution in [0.3, 0.4) is 0 Å². The van der Waals surface area contributed by atoms with E-state index in [1.807, 2.05) is 0 Å². The summed E-state index contributed by atoms with van der Waals surface area (Å²) in [5.74, 6) is -0.329. The molecular weight excluding hydrogens is 353 g/mol. The molecule has 0 fully saturated rings. The lowest BCUT2D eigenvalue weighted by Crippen LogP contribution is -2.20. The summed E-state index contributed by atoms with van der Waals surface area (Å²) in [7, 11) is 1.64. The monoisotopic (exact) mass is 365 g/mol. The third-order valence-electron chi connectivity index (χ3n) is 3.78. The molecule has 1 N–H and O–H groups in total. The smallest absolute Gasteiger partial charge is 0.266 e. The molecule has 1 amide bonds. The molecule has 8 heteroatoms. The number of carbonyl (C=O) groups is 1. The molecule has 5 nitrogen and oxygen atoms in total. The Bertz CT molecular complexity index is 1040. The highest BCUT2D eigenvalue weighted by atomic mass is 35.5. The first-order valence-corrected chi connectivity index (χ1v) is 8.22. The van der Waals surface area contributed by atoms with Crippen molar-refractivity contribution >= 4 is 44.7 Å². The lowest BCUT2D eigenvalue weighted by Gasteiger charge is -2.06. The summed E-state index contributed by atoms with van der Waals surface area (Å²) in [6.45, 7) is 3.44. The van der Waals surface area contributed by atoms with Gasteiger partial charge in [0.1, 0.15) is 16.5 Å². The van der Waals surface area contributed by atoms with Crippen LogP contribution in [-0.2, 0) is 7.05 Å². The van der Waals surface area contributed by atoms with Gasteiger partial charge in [0.2, 0.25) is 0 Å². The van der Waals surface area contributed by atoms with Crippen molar-refractivity contribution in [3.8, 4) is 0 Å². The third-order valence-corrected chi connectivity index (χ3v) is 5.28. The van der Waals surface area contributed by atoms with Crippen molar-refractivity contribution in [2.75, 3.05) is 5.32 Å². The maximum atomic E-state index is 13.1. The van der Waals surface area contributed by atoms with Gasteiger partial charge in [-0.05, 0) is 37.6 Å². The van der Waals surface area contributed by atoms with E-state index in [0.29, 0.717) is 32.2 Å². The average Bonchev–Trinajstić information content (AvgIpc) is 2.84. The third kappa shape index (κ3) is 2.70. The number of hydrogen-bond acceptors (Lipinski definition) is 4. The molecule has 3 aromatic rings. The molecule has 0 saturated heterocycles. The van der Waals surface area contributed by atoms with E-state index in [-0.39, 0.29) is 10.6 Å². The van der Waals surface area contributed by atoms with Gasteiger partial charge >= 0.3 is 0 Å². The van der Waals surface area contributed by atoms with Crippen LogP contribution >= 0.6 is 22.9 Å². The van der Waals surface area contributed by atoms with E-state index in [4.69, 9.17) is 11.6 Å². The van der Waals surface area contributed by atoms with Crippen LogP contribution in [0.15, 0.2) is 23.0 Å². The Morgan fingerprint density at radius 2 is 2.08 bits per heavy atom. The average molecular weight is 366 g/mol. The molecule has 24 heavy (non-hydrogen) atoms. The lowest BCUT2D eigenvalue weighted by atomic mass is 10.2. The standard InChI is InChI=1S/C16H13ClFN3O2S/c1-7-12-15(19-8(2)21(3)16(12)23)24-13(7)14(22)20-11-5-4-9(18)6-10(11)17/h4-6H,1-3H3,(H,20,22). The van der Waals surface area contributed by atoms with Gasteiger partial charge in [-0.2, -0.15) is 0 Å². The summed E-state index contributed by atoms with van der Waals surface area (Å²) in [6.07, 6.45) is 0. The predicted molar refractivity (Wildman–Crippen MR) is 93.7 cm³/mol. The van der Waals surface area contributed by atoms with Crippen LogP contribution in [0.25, 0.3) is 10.2 Å². The van der Waals surface area contributed by atoms with E-state index in [0.717, 1.165) is 17.4 Å². The van der Waals surface area contributed by atoms with Crippen molar-refractivity contribution in [3.63, 3.8) is 0 Å². The molecule has 0 aliphatic carbocycles. The molecule has 2 heterocycles. The first-order valence-electron chi connectivity index (χ1n) is 7.02. The Morgan fingerprint density at radius 1 is 1.38 bits per heavy atom. The SMILES string of the molecule is Cc1c(C(=O)Nc2ccc(F)cc2Cl)sc2nc(C)n(C)c(=O)c12. The normalized spacial score (nSPS) is 11.0. The minimum atomic E-state index is -0.487. The van der Waals surface area contributed by atoms with Gasteiger partial charge in [0, 0.05) is 7.05 Å². The summed E-state index contributed by atoms with van der Waals surface area (Å²) >= 11 is 7.07. The Balaban J connectivity index is 2.06. The van der Waals surface area contributed by atoms with Crippen LogP contribution in [0.1, 0.15) is 21.1 Å². The minimum Gasteiger partial charge on any atom is -0.320 e. The molecule has 124 valence electrons. The maximum absolute atomic E-state index is 13.1. The Morgan fingerprint density at radius 3 is 2.75 bits per heavy atom. The van der Waals surface area contributed by atoms with E-state index in [9.17, 15) is 14.0 Å². The first kappa shape index (κ1) is 16.6. The number of nitrogens with zero attached hydrogens (tertiary/aromatic N) is 2. The van der Waals surface area contributed by atoms with Gasteiger partial charge in [-0.15, -0.1) is 11.3 Å². The number of halogens is 2. The lowest BCUT2D eigenvalue weighted by molar-refractivity contribution is 0.103. The Hall–Kier alpha value is -2.25. The second-order valence-electron chi connectivity index (χ2n) is 5.34. The van der Waals surface area contributed by atoms with E-state index < -0.39 is 11.7 Å². The molecule has 0 aliphatic heterocycles. The van der Waals surface area contributed by atoms with Crippen molar-refractivity contribution in [2.45, 2.75) is 13.8 Å². The van der Waals surface area contributed by atoms with Crippen LogP contribution < -0.4 is 10.9 Å². The molecular formula is C16H13ClFN3O2S. The van der Waals surface area contributed by atoms with Gasteiger partial charge in [-0.3, -0.25) is 14.2 Å². The minimum absolute atomic E-state index is 0.104. The highest BCUT2D eigenvalue weighted by Gasteiger charge is 2.20. The van der Waals surface area contributed by atoms with E-state index in [2.05, 4.69) is 10.3 Å². The summed E-state index contributed by atoms with van der Waals surface area (Å²) in [4.78, 5) is 30.2. The summed E-state index contributed by atoms with van der Waals surface area (Å²) in [5.41, 5.74) is 0.681. The van der Waals surface area contributed by atoms with Gasteiger partial charge in [-0.25, -0.2) is 9.37 Å². The summed E-state index contributed by atoms with van der Waals surface area (Å²) in [6, 6.07) is 3.72. The predicted octanol–water partition coefficient (Wildman–Crippen LogP) is 3.66. The molecule has 0 aliphatic rings. The Labute approximate surface area is 145 Å². The van der Waals surface area contributed by atoms with Gasteiger partial charge in [0.25, 0.3) is 11.5 Å². The van der Waals surface area contributed by atoms with Crippen LogP contribution in [-0.4, -0.2) is 15.5 Å². The maximum Gasteiger partial charge on any atom is 0.266 e. The van der Waals surface area contributed by atoms with Crippen molar-refractivity contribution in [1.29, 1.82) is 0 Å². The van der Waals surface area contributed by atoms with Crippen molar-refractivity contribution in [3.05, 3.63) is 55.7 Å². The van der Waals surface area contributed by atoms with Gasteiger partial charge in [0.15, 0.2) is 0 Å².